The Morgan fingerprint density at radius 2 is 2.17 bits per heavy atom. The fourth-order valence-electron chi connectivity index (χ4n) is 1.63. The van der Waals surface area contributed by atoms with E-state index in [0.717, 1.165) is 5.56 Å². The third kappa shape index (κ3) is 3.68. The van der Waals surface area contributed by atoms with Crippen LogP contribution in [0.15, 0.2) is 18.2 Å². The standard InChI is InChI=1S/C13H17ClN2OS/c1-3-16(8-7-11(15)18)13(17)10-6-4-5-9(2)12(10)14/h4-6H,3,7-8H2,1-2H3,(H2,15,18). The third-order valence-corrected chi connectivity index (χ3v) is 3.43. The second-order valence-corrected chi connectivity index (χ2v) is 4.94. The van der Waals surface area contributed by atoms with Crippen LogP contribution in [0.3, 0.4) is 0 Å². The molecular weight excluding hydrogens is 268 g/mol. The number of carbonyl (C=O) groups is 1. The molecule has 0 aliphatic carbocycles. The molecule has 0 aliphatic heterocycles. The van der Waals surface area contributed by atoms with Gasteiger partial charge in [0.2, 0.25) is 0 Å². The molecule has 1 aromatic rings. The van der Waals surface area contributed by atoms with Gasteiger partial charge in [0.25, 0.3) is 5.91 Å². The first-order valence-corrected chi connectivity index (χ1v) is 6.58. The third-order valence-electron chi connectivity index (χ3n) is 2.72. The van der Waals surface area contributed by atoms with Crippen LogP contribution in [0.1, 0.15) is 29.3 Å². The molecule has 98 valence electrons. The largest absolute Gasteiger partial charge is 0.393 e. The molecule has 0 aliphatic rings. The number of amides is 1. The summed E-state index contributed by atoms with van der Waals surface area (Å²) in [6.45, 7) is 4.92. The first-order valence-electron chi connectivity index (χ1n) is 5.80. The van der Waals surface area contributed by atoms with E-state index in [1.807, 2.05) is 26.0 Å². The van der Waals surface area contributed by atoms with Gasteiger partial charge in [-0.3, -0.25) is 4.79 Å². The molecule has 5 heteroatoms. The summed E-state index contributed by atoms with van der Waals surface area (Å²) in [6.07, 6.45) is 0.526. The van der Waals surface area contributed by atoms with Crippen LogP contribution in [-0.4, -0.2) is 28.9 Å². The second kappa shape index (κ2) is 6.71. The van der Waals surface area contributed by atoms with Crippen molar-refractivity contribution >= 4 is 34.7 Å². The van der Waals surface area contributed by atoms with E-state index in [0.29, 0.717) is 35.1 Å². The van der Waals surface area contributed by atoms with Crippen molar-refractivity contribution in [3.63, 3.8) is 0 Å². The van der Waals surface area contributed by atoms with Crippen molar-refractivity contribution in [1.29, 1.82) is 0 Å². The van der Waals surface area contributed by atoms with Crippen molar-refractivity contribution < 1.29 is 4.79 Å². The number of hydrogen-bond donors (Lipinski definition) is 1. The molecule has 0 saturated heterocycles. The van der Waals surface area contributed by atoms with E-state index < -0.39 is 0 Å². The monoisotopic (exact) mass is 284 g/mol. The predicted octanol–water partition coefficient (Wildman–Crippen LogP) is 2.79. The van der Waals surface area contributed by atoms with Gasteiger partial charge in [0.15, 0.2) is 0 Å². The zero-order valence-electron chi connectivity index (χ0n) is 10.6. The number of nitrogens with two attached hydrogens (primary N) is 1. The molecule has 0 aromatic heterocycles. The summed E-state index contributed by atoms with van der Waals surface area (Å²) in [5.74, 6) is -0.0811. The number of nitrogens with zero attached hydrogens (tertiary/aromatic N) is 1. The maximum absolute atomic E-state index is 12.3. The van der Waals surface area contributed by atoms with Gasteiger partial charge in [-0.05, 0) is 25.5 Å². The number of halogens is 1. The highest BCUT2D eigenvalue weighted by atomic mass is 35.5. The smallest absolute Gasteiger partial charge is 0.255 e. The van der Waals surface area contributed by atoms with Crippen LogP contribution < -0.4 is 5.73 Å². The van der Waals surface area contributed by atoms with Gasteiger partial charge in [-0.25, -0.2) is 0 Å². The Morgan fingerprint density at radius 1 is 1.50 bits per heavy atom. The highest BCUT2D eigenvalue weighted by molar-refractivity contribution is 7.80. The van der Waals surface area contributed by atoms with Crippen LogP contribution in [-0.2, 0) is 0 Å². The minimum atomic E-state index is -0.0811. The summed E-state index contributed by atoms with van der Waals surface area (Å²) in [7, 11) is 0. The van der Waals surface area contributed by atoms with Crippen LogP contribution in [0.25, 0.3) is 0 Å². The van der Waals surface area contributed by atoms with E-state index in [9.17, 15) is 4.79 Å². The Labute approximate surface area is 118 Å². The molecule has 0 fully saturated rings. The molecule has 0 unspecified atom stereocenters. The van der Waals surface area contributed by atoms with Crippen LogP contribution in [0, 0.1) is 6.92 Å². The quantitative estimate of drug-likeness (QED) is 0.846. The molecule has 3 nitrogen and oxygen atoms in total. The molecule has 1 amide bonds. The van der Waals surface area contributed by atoms with E-state index in [-0.39, 0.29) is 5.91 Å². The molecule has 0 heterocycles. The molecule has 0 spiro atoms. The fourth-order valence-corrected chi connectivity index (χ4v) is 1.93. The number of aryl methyl sites for hydroxylation is 1. The van der Waals surface area contributed by atoms with E-state index in [4.69, 9.17) is 29.6 Å². The first-order chi connectivity index (χ1) is 8.47. The van der Waals surface area contributed by atoms with E-state index >= 15 is 0 Å². The SMILES string of the molecule is CCN(CCC(N)=S)C(=O)c1cccc(C)c1Cl. The molecule has 0 bridgehead atoms. The summed E-state index contributed by atoms with van der Waals surface area (Å²) in [5.41, 5.74) is 6.88. The number of carbonyl (C=O) groups excluding carboxylic acids is 1. The Bertz CT molecular complexity index is 462. The lowest BCUT2D eigenvalue weighted by Crippen LogP contribution is -2.33. The normalized spacial score (nSPS) is 10.2. The van der Waals surface area contributed by atoms with Crippen molar-refractivity contribution in [2.24, 2.45) is 5.73 Å². The maximum atomic E-state index is 12.3. The van der Waals surface area contributed by atoms with Gasteiger partial charge < -0.3 is 10.6 Å². The zero-order chi connectivity index (χ0) is 13.7. The number of benzene rings is 1. The van der Waals surface area contributed by atoms with Crippen molar-refractivity contribution in [2.45, 2.75) is 20.3 Å². The summed E-state index contributed by atoms with van der Waals surface area (Å²) in [6, 6.07) is 5.45. The predicted molar refractivity (Wildman–Crippen MR) is 79.2 cm³/mol. The maximum Gasteiger partial charge on any atom is 0.255 e. The van der Waals surface area contributed by atoms with Crippen molar-refractivity contribution in [1.82, 2.24) is 4.90 Å². The minimum absolute atomic E-state index is 0.0811. The second-order valence-electron chi connectivity index (χ2n) is 4.04. The zero-order valence-corrected chi connectivity index (χ0v) is 12.1. The number of hydrogen-bond acceptors (Lipinski definition) is 2. The van der Waals surface area contributed by atoms with E-state index in [1.54, 1.807) is 11.0 Å². The highest BCUT2D eigenvalue weighted by Gasteiger charge is 2.17. The lowest BCUT2D eigenvalue weighted by molar-refractivity contribution is 0.0769. The average molecular weight is 285 g/mol. The molecule has 2 N–H and O–H groups in total. The summed E-state index contributed by atoms with van der Waals surface area (Å²) in [4.78, 5) is 14.4. The van der Waals surface area contributed by atoms with Crippen LogP contribution in [0.5, 0.6) is 0 Å². The Balaban J connectivity index is 2.89. The van der Waals surface area contributed by atoms with Crippen molar-refractivity contribution in [2.75, 3.05) is 13.1 Å². The van der Waals surface area contributed by atoms with Gasteiger partial charge in [-0.2, -0.15) is 0 Å². The van der Waals surface area contributed by atoms with Gasteiger partial charge in [0, 0.05) is 19.5 Å². The Hall–Kier alpha value is -1.13. The van der Waals surface area contributed by atoms with Crippen molar-refractivity contribution in [3.8, 4) is 0 Å². The molecule has 0 atom stereocenters. The molecule has 0 saturated carbocycles. The number of thiocarbonyl (C=S) groups is 1. The molecule has 0 radical (unpaired) electrons. The fraction of sp³-hybridized carbons (Fsp3) is 0.385. The Kier molecular flexibility index (Phi) is 5.56. The van der Waals surface area contributed by atoms with E-state index in [1.165, 1.54) is 0 Å². The average Bonchev–Trinajstić information content (AvgIpc) is 2.32. The summed E-state index contributed by atoms with van der Waals surface area (Å²) >= 11 is 11.0. The van der Waals surface area contributed by atoms with Crippen molar-refractivity contribution in [3.05, 3.63) is 34.3 Å². The first kappa shape index (κ1) is 14.9. The topological polar surface area (TPSA) is 46.3 Å². The Morgan fingerprint density at radius 3 is 2.72 bits per heavy atom. The van der Waals surface area contributed by atoms with Crippen LogP contribution in [0.4, 0.5) is 0 Å². The minimum Gasteiger partial charge on any atom is -0.393 e. The lowest BCUT2D eigenvalue weighted by Gasteiger charge is -2.21. The van der Waals surface area contributed by atoms with Gasteiger partial charge >= 0.3 is 0 Å². The summed E-state index contributed by atoms with van der Waals surface area (Å²) in [5, 5.41) is 0.510. The molecule has 1 rings (SSSR count). The highest BCUT2D eigenvalue weighted by Crippen LogP contribution is 2.21. The van der Waals surface area contributed by atoms with Gasteiger partial charge in [0.1, 0.15) is 0 Å². The summed E-state index contributed by atoms with van der Waals surface area (Å²) < 4.78 is 0. The number of rotatable bonds is 5. The lowest BCUT2D eigenvalue weighted by atomic mass is 10.1. The van der Waals surface area contributed by atoms with Gasteiger partial charge in [-0.15, -0.1) is 0 Å². The van der Waals surface area contributed by atoms with Crippen LogP contribution in [0.2, 0.25) is 5.02 Å². The van der Waals surface area contributed by atoms with Crippen LogP contribution >= 0.6 is 23.8 Å². The van der Waals surface area contributed by atoms with Gasteiger partial charge in [0.05, 0.1) is 15.6 Å². The van der Waals surface area contributed by atoms with E-state index in [2.05, 4.69) is 0 Å². The van der Waals surface area contributed by atoms with Gasteiger partial charge in [-0.1, -0.05) is 36.0 Å². The molecule has 18 heavy (non-hydrogen) atoms. The molecule has 1 aromatic carbocycles. The molecular formula is C13H17ClN2OS.